The lowest BCUT2D eigenvalue weighted by Crippen LogP contribution is -2.31. The van der Waals surface area contributed by atoms with Gasteiger partial charge in [0, 0.05) is 29.5 Å². The van der Waals surface area contributed by atoms with E-state index in [9.17, 15) is 14.9 Å². The van der Waals surface area contributed by atoms with Crippen LogP contribution in [0.1, 0.15) is 23.2 Å². The zero-order valence-corrected chi connectivity index (χ0v) is 11.8. The van der Waals surface area contributed by atoms with E-state index in [1.165, 1.54) is 25.3 Å². The van der Waals surface area contributed by atoms with Crippen molar-refractivity contribution in [3.05, 3.63) is 33.9 Å². The van der Waals surface area contributed by atoms with E-state index in [4.69, 9.17) is 16.3 Å². The number of carbonyl (C=O) groups is 1. The molecule has 1 fully saturated rings. The summed E-state index contributed by atoms with van der Waals surface area (Å²) >= 11 is 5.83. The SMILES string of the molecule is COc1ccc(C(=O)NCC2(CCl)CC2)cc1[N+](=O)[O-]. The van der Waals surface area contributed by atoms with Gasteiger partial charge < -0.3 is 10.1 Å². The average molecular weight is 299 g/mol. The molecular formula is C13H15ClN2O4. The van der Waals surface area contributed by atoms with Crippen molar-refractivity contribution >= 4 is 23.2 Å². The van der Waals surface area contributed by atoms with E-state index in [2.05, 4.69) is 5.32 Å². The maximum Gasteiger partial charge on any atom is 0.311 e. The minimum Gasteiger partial charge on any atom is -0.490 e. The lowest BCUT2D eigenvalue weighted by molar-refractivity contribution is -0.385. The first kappa shape index (κ1) is 14.6. The van der Waals surface area contributed by atoms with Crippen molar-refractivity contribution in [1.29, 1.82) is 0 Å². The molecule has 20 heavy (non-hydrogen) atoms. The monoisotopic (exact) mass is 298 g/mol. The standard InChI is InChI=1S/C13H15ClN2O4/c1-20-11-3-2-9(6-10(11)16(18)19)12(17)15-8-13(7-14)4-5-13/h2-3,6H,4-5,7-8H2,1H3,(H,15,17). The quantitative estimate of drug-likeness (QED) is 0.496. The third-order valence-corrected chi connectivity index (χ3v) is 4.07. The molecule has 0 bridgehead atoms. The molecule has 0 aromatic heterocycles. The van der Waals surface area contributed by atoms with Gasteiger partial charge in [0.05, 0.1) is 12.0 Å². The van der Waals surface area contributed by atoms with Gasteiger partial charge in [0.1, 0.15) is 0 Å². The molecular weight excluding hydrogens is 284 g/mol. The van der Waals surface area contributed by atoms with Crippen LogP contribution in [0.2, 0.25) is 0 Å². The van der Waals surface area contributed by atoms with Gasteiger partial charge in [-0.1, -0.05) is 0 Å². The van der Waals surface area contributed by atoms with Gasteiger partial charge in [0.15, 0.2) is 5.75 Å². The summed E-state index contributed by atoms with van der Waals surface area (Å²) in [5.41, 5.74) is 0.0248. The van der Waals surface area contributed by atoms with E-state index in [1.807, 2.05) is 0 Å². The molecule has 0 aliphatic heterocycles. The molecule has 1 aliphatic carbocycles. The summed E-state index contributed by atoms with van der Waals surface area (Å²) in [5, 5.41) is 13.7. The van der Waals surface area contributed by atoms with Crippen molar-refractivity contribution in [2.24, 2.45) is 5.41 Å². The highest BCUT2D eigenvalue weighted by Gasteiger charge is 2.41. The predicted octanol–water partition coefficient (Wildman–Crippen LogP) is 2.35. The number of nitrogens with zero attached hydrogens (tertiary/aromatic N) is 1. The largest absolute Gasteiger partial charge is 0.490 e. The van der Waals surface area contributed by atoms with Crippen molar-refractivity contribution in [2.75, 3.05) is 19.5 Å². The van der Waals surface area contributed by atoms with Crippen LogP contribution in [0.4, 0.5) is 5.69 Å². The number of carbonyl (C=O) groups excluding carboxylic acids is 1. The summed E-state index contributed by atoms with van der Waals surface area (Å²) in [7, 11) is 1.35. The molecule has 0 saturated heterocycles. The van der Waals surface area contributed by atoms with E-state index in [1.54, 1.807) is 0 Å². The van der Waals surface area contributed by atoms with Crippen molar-refractivity contribution < 1.29 is 14.5 Å². The minimum atomic E-state index is -0.573. The number of halogens is 1. The molecule has 6 nitrogen and oxygen atoms in total. The highest BCUT2D eigenvalue weighted by molar-refractivity contribution is 6.18. The molecule has 108 valence electrons. The molecule has 1 N–H and O–H groups in total. The maximum absolute atomic E-state index is 12.0. The summed E-state index contributed by atoms with van der Waals surface area (Å²) in [5.74, 6) is 0.300. The molecule has 2 rings (SSSR count). The predicted molar refractivity (Wildman–Crippen MR) is 74.4 cm³/mol. The normalized spacial score (nSPS) is 15.5. The molecule has 1 saturated carbocycles. The molecule has 1 aliphatic rings. The number of amides is 1. The Morgan fingerprint density at radius 2 is 2.25 bits per heavy atom. The van der Waals surface area contributed by atoms with Gasteiger partial charge in [0.2, 0.25) is 0 Å². The number of hydrogen-bond donors (Lipinski definition) is 1. The van der Waals surface area contributed by atoms with Crippen LogP contribution < -0.4 is 10.1 Å². The number of nitro benzene ring substituents is 1. The minimum absolute atomic E-state index is 0.00954. The van der Waals surface area contributed by atoms with Crippen LogP contribution >= 0.6 is 11.6 Å². The van der Waals surface area contributed by atoms with Crippen molar-refractivity contribution in [2.45, 2.75) is 12.8 Å². The van der Waals surface area contributed by atoms with Crippen molar-refractivity contribution in [1.82, 2.24) is 5.32 Å². The summed E-state index contributed by atoms with van der Waals surface area (Å²) in [6.45, 7) is 0.495. The summed E-state index contributed by atoms with van der Waals surface area (Å²) < 4.78 is 4.89. The van der Waals surface area contributed by atoms with Gasteiger partial charge in [-0.15, -0.1) is 11.6 Å². The molecule has 0 spiro atoms. The topological polar surface area (TPSA) is 81.5 Å². The smallest absolute Gasteiger partial charge is 0.311 e. The zero-order chi connectivity index (χ0) is 14.8. The molecule has 0 heterocycles. The Hall–Kier alpha value is -1.82. The third-order valence-electron chi connectivity index (χ3n) is 3.50. The second-order valence-electron chi connectivity index (χ2n) is 4.96. The molecule has 1 aromatic rings. The number of nitro groups is 1. The Balaban J connectivity index is 2.10. The van der Waals surface area contributed by atoms with Crippen LogP contribution in [-0.4, -0.2) is 30.4 Å². The summed E-state index contributed by atoms with van der Waals surface area (Å²) in [6.07, 6.45) is 2.00. The number of nitrogens with one attached hydrogen (secondary N) is 1. The molecule has 0 radical (unpaired) electrons. The fraction of sp³-hybridized carbons (Fsp3) is 0.462. The molecule has 1 amide bonds. The fourth-order valence-corrected chi connectivity index (χ4v) is 2.24. The van der Waals surface area contributed by atoms with E-state index in [0.29, 0.717) is 12.4 Å². The Kier molecular flexibility index (Phi) is 4.13. The number of benzene rings is 1. The van der Waals surface area contributed by atoms with Crippen LogP contribution in [0.3, 0.4) is 0 Å². The van der Waals surface area contributed by atoms with Crippen LogP contribution in [0.25, 0.3) is 0 Å². The molecule has 1 aromatic carbocycles. The third kappa shape index (κ3) is 3.01. The Labute approximate surface area is 121 Å². The van der Waals surface area contributed by atoms with E-state index in [0.717, 1.165) is 12.8 Å². The first-order valence-electron chi connectivity index (χ1n) is 6.18. The highest BCUT2D eigenvalue weighted by atomic mass is 35.5. The summed E-state index contributed by atoms with van der Waals surface area (Å²) in [6, 6.07) is 4.14. The number of methoxy groups -OCH3 is 1. The van der Waals surface area contributed by atoms with Gasteiger partial charge in [0.25, 0.3) is 5.91 Å². The number of rotatable bonds is 6. The maximum atomic E-state index is 12.0. The van der Waals surface area contributed by atoms with Gasteiger partial charge in [-0.05, 0) is 25.0 Å². The average Bonchev–Trinajstić information content (AvgIpc) is 3.24. The highest BCUT2D eigenvalue weighted by Crippen LogP contribution is 2.45. The number of ether oxygens (including phenoxy) is 1. The molecule has 0 atom stereocenters. The number of hydrogen-bond acceptors (Lipinski definition) is 4. The lowest BCUT2D eigenvalue weighted by Gasteiger charge is -2.12. The Morgan fingerprint density at radius 1 is 1.55 bits per heavy atom. The lowest BCUT2D eigenvalue weighted by atomic mass is 10.1. The Morgan fingerprint density at radius 3 is 2.75 bits per heavy atom. The van der Waals surface area contributed by atoms with Crippen LogP contribution in [-0.2, 0) is 0 Å². The first-order chi connectivity index (χ1) is 9.51. The van der Waals surface area contributed by atoms with Crippen LogP contribution in [0.15, 0.2) is 18.2 Å². The van der Waals surface area contributed by atoms with E-state index in [-0.39, 0.29) is 28.3 Å². The summed E-state index contributed by atoms with van der Waals surface area (Å²) in [4.78, 5) is 22.3. The zero-order valence-electron chi connectivity index (χ0n) is 11.0. The van der Waals surface area contributed by atoms with Crippen molar-refractivity contribution in [3.8, 4) is 5.75 Å². The van der Waals surface area contributed by atoms with Gasteiger partial charge >= 0.3 is 5.69 Å². The second kappa shape index (κ2) is 5.66. The van der Waals surface area contributed by atoms with Crippen LogP contribution in [0.5, 0.6) is 5.75 Å². The number of alkyl halides is 1. The van der Waals surface area contributed by atoms with E-state index < -0.39 is 4.92 Å². The van der Waals surface area contributed by atoms with E-state index >= 15 is 0 Å². The fourth-order valence-electron chi connectivity index (χ4n) is 1.88. The second-order valence-corrected chi connectivity index (χ2v) is 5.23. The Bertz CT molecular complexity index is 543. The molecule has 7 heteroatoms. The van der Waals surface area contributed by atoms with Gasteiger partial charge in [-0.2, -0.15) is 0 Å². The van der Waals surface area contributed by atoms with Crippen LogP contribution in [0, 0.1) is 15.5 Å². The first-order valence-corrected chi connectivity index (χ1v) is 6.71. The van der Waals surface area contributed by atoms with Crippen molar-refractivity contribution in [3.63, 3.8) is 0 Å². The van der Waals surface area contributed by atoms with Gasteiger partial charge in [-0.3, -0.25) is 14.9 Å². The van der Waals surface area contributed by atoms with Gasteiger partial charge in [-0.25, -0.2) is 0 Å². The molecule has 0 unspecified atom stereocenters.